The minimum absolute atomic E-state index is 0.0598. The zero-order valence-corrected chi connectivity index (χ0v) is 8.42. The molecule has 1 amide bonds. The Bertz CT molecular complexity index is 203. The number of nitrogens with zero attached hydrogens (tertiary/aromatic N) is 1. The van der Waals surface area contributed by atoms with Gasteiger partial charge in [-0.1, -0.05) is 13.5 Å². The highest BCUT2D eigenvalue weighted by Gasteiger charge is 2.30. The quantitative estimate of drug-likeness (QED) is 0.649. The van der Waals surface area contributed by atoms with E-state index in [0.29, 0.717) is 12.0 Å². The van der Waals surface area contributed by atoms with E-state index < -0.39 is 0 Å². The van der Waals surface area contributed by atoms with Gasteiger partial charge in [0, 0.05) is 19.1 Å². The van der Waals surface area contributed by atoms with E-state index in [1.807, 2.05) is 11.9 Å². The van der Waals surface area contributed by atoms with Gasteiger partial charge in [-0.15, -0.1) is 0 Å². The van der Waals surface area contributed by atoms with Crippen LogP contribution in [0, 0.1) is 5.92 Å². The Labute approximate surface area is 79.8 Å². The van der Waals surface area contributed by atoms with E-state index in [-0.39, 0.29) is 5.91 Å². The first kappa shape index (κ1) is 10.3. The predicted molar refractivity (Wildman–Crippen MR) is 53.4 cm³/mol. The smallest absolute Gasteiger partial charge is 0.246 e. The van der Waals surface area contributed by atoms with Crippen LogP contribution in [-0.2, 0) is 4.79 Å². The Hall–Kier alpha value is -0.830. The van der Waals surface area contributed by atoms with E-state index in [0.717, 1.165) is 19.5 Å². The lowest BCUT2D eigenvalue weighted by molar-refractivity contribution is -0.126. The number of amides is 1. The van der Waals surface area contributed by atoms with E-state index in [2.05, 4.69) is 18.8 Å². The minimum atomic E-state index is 0.0598. The summed E-state index contributed by atoms with van der Waals surface area (Å²) < 4.78 is 0. The van der Waals surface area contributed by atoms with Crippen molar-refractivity contribution < 1.29 is 4.79 Å². The molecule has 0 aromatic carbocycles. The first-order valence-electron chi connectivity index (χ1n) is 4.76. The zero-order valence-electron chi connectivity index (χ0n) is 8.42. The summed E-state index contributed by atoms with van der Waals surface area (Å²) in [6.07, 6.45) is 2.50. The molecule has 3 heteroatoms. The molecular formula is C10H18N2O. The Morgan fingerprint density at radius 1 is 1.77 bits per heavy atom. The summed E-state index contributed by atoms with van der Waals surface area (Å²) in [5.41, 5.74) is 0. The Morgan fingerprint density at radius 2 is 2.46 bits per heavy atom. The van der Waals surface area contributed by atoms with Crippen molar-refractivity contribution in [3.63, 3.8) is 0 Å². The van der Waals surface area contributed by atoms with Crippen LogP contribution in [0.5, 0.6) is 0 Å². The standard InChI is InChI=1S/C10H18N2O/c1-4-10(13)12-7-8(2)5-9(12)6-11-3/h4,8-9,11H,1,5-7H2,2-3H3/t8-,9+/m0/s1. The third-order valence-corrected chi connectivity index (χ3v) is 2.52. The zero-order chi connectivity index (χ0) is 9.84. The number of hydrogen-bond acceptors (Lipinski definition) is 2. The molecule has 13 heavy (non-hydrogen) atoms. The molecule has 1 aliphatic heterocycles. The van der Waals surface area contributed by atoms with Crippen LogP contribution >= 0.6 is 0 Å². The van der Waals surface area contributed by atoms with E-state index >= 15 is 0 Å². The molecular weight excluding hydrogens is 164 g/mol. The molecule has 0 aliphatic carbocycles. The van der Waals surface area contributed by atoms with Gasteiger partial charge in [-0.25, -0.2) is 0 Å². The van der Waals surface area contributed by atoms with Gasteiger partial charge >= 0.3 is 0 Å². The average molecular weight is 182 g/mol. The largest absolute Gasteiger partial charge is 0.335 e. The second kappa shape index (κ2) is 4.42. The predicted octanol–water partition coefficient (Wildman–Crippen LogP) is 0.629. The molecule has 1 aliphatic rings. The van der Waals surface area contributed by atoms with Crippen molar-refractivity contribution in [3.8, 4) is 0 Å². The third kappa shape index (κ3) is 2.31. The first-order chi connectivity index (χ1) is 6.19. The lowest BCUT2D eigenvalue weighted by Crippen LogP contribution is -2.39. The molecule has 1 heterocycles. The maximum atomic E-state index is 11.4. The molecule has 0 unspecified atom stereocenters. The maximum Gasteiger partial charge on any atom is 0.246 e. The number of likely N-dealkylation sites (N-methyl/N-ethyl adjacent to an activating group) is 1. The SMILES string of the molecule is C=CC(=O)N1C[C@@H](C)C[C@@H]1CNC. The van der Waals surface area contributed by atoms with Gasteiger partial charge in [0.1, 0.15) is 0 Å². The summed E-state index contributed by atoms with van der Waals surface area (Å²) in [4.78, 5) is 13.3. The van der Waals surface area contributed by atoms with Crippen molar-refractivity contribution in [1.29, 1.82) is 0 Å². The van der Waals surface area contributed by atoms with Gasteiger partial charge in [0.15, 0.2) is 0 Å². The van der Waals surface area contributed by atoms with E-state index in [4.69, 9.17) is 0 Å². The fourth-order valence-electron chi connectivity index (χ4n) is 1.97. The molecule has 74 valence electrons. The highest BCUT2D eigenvalue weighted by Crippen LogP contribution is 2.22. The van der Waals surface area contributed by atoms with Crippen molar-refractivity contribution in [2.45, 2.75) is 19.4 Å². The lowest BCUT2D eigenvalue weighted by Gasteiger charge is -2.22. The first-order valence-corrected chi connectivity index (χ1v) is 4.76. The third-order valence-electron chi connectivity index (χ3n) is 2.52. The fraction of sp³-hybridized carbons (Fsp3) is 0.700. The van der Waals surface area contributed by atoms with E-state index in [9.17, 15) is 4.79 Å². The number of rotatable bonds is 3. The van der Waals surface area contributed by atoms with Crippen molar-refractivity contribution >= 4 is 5.91 Å². The number of hydrogen-bond donors (Lipinski definition) is 1. The fourth-order valence-corrected chi connectivity index (χ4v) is 1.97. The van der Waals surface area contributed by atoms with E-state index in [1.165, 1.54) is 6.08 Å². The van der Waals surface area contributed by atoms with Crippen molar-refractivity contribution in [2.75, 3.05) is 20.1 Å². The summed E-state index contributed by atoms with van der Waals surface area (Å²) in [5, 5.41) is 3.11. The molecule has 1 saturated heterocycles. The molecule has 0 aromatic rings. The second-order valence-electron chi connectivity index (χ2n) is 3.75. The minimum Gasteiger partial charge on any atom is -0.335 e. The van der Waals surface area contributed by atoms with Crippen LogP contribution in [0.15, 0.2) is 12.7 Å². The molecule has 0 aromatic heterocycles. The van der Waals surface area contributed by atoms with Crippen LogP contribution in [0.3, 0.4) is 0 Å². The van der Waals surface area contributed by atoms with Gasteiger partial charge in [0.05, 0.1) is 0 Å². The van der Waals surface area contributed by atoms with Gasteiger partial charge in [-0.3, -0.25) is 4.79 Å². The van der Waals surface area contributed by atoms with Gasteiger partial charge in [-0.05, 0) is 25.5 Å². The topological polar surface area (TPSA) is 32.3 Å². The summed E-state index contributed by atoms with van der Waals surface area (Å²) in [6, 6.07) is 0.352. The molecule has 0 spiro atoms. The molecule has 0 saturated carbocycles. The van der Waals surface area contributed by atoms with E-state index in [1.54, 1.807) is 0 Å². The monoisotopic (exact) mass is 182 g/mol. The number of likely N-dealkylation sites (tertiary alicyclic amines) is 1. The van der Waals surface area contributed by atoms with Crippen LogP contribution in [0.4, 0.5) is 0 Å². The molecule has 0 radical (unpaired) electrons. The molecule has 3 nitrogen and oxygen atoms in total. The highest BCUT2D eigenvalue weighted by atomic mass is 16.2. The van der Waals surface area contributed by atoms with Crippen LogP contribution in [0.1, 0.15) is 13.3 Å². The second-order valence-corrected chi connectivity index (χ2v) is 3.75. The maximum absolute atomic E-state index is 11.4. The summed E-state index contributed by atoms with van der Waals surface area (Å²) in [6.45, 7) is 7.44. The van der Waals surface area contributed by atoms with Gasteiger partial charge in [0.2, 0.25) is 5.91 Å². The molecule has 1 fully saturated rings. The Kier molecular flexibility index (Phi) is 3.48. The highest BCUT2D eigenvalue weighted by molar-refractivity contribution is 5.87. The Balaban J connectivity index is 2.59. The molecule has 2 atom stereocenters. The van der Waals surface area contributed by atoms with Crippen LogP contribution in [-0.4, -0.2) is 37.0 Å². The van der Waals surface area contributed by atoms with Crippen molar-refractivity contribution in [3.05, 3.63) is 12.7 Å². The lowest BCUT2D eigenvalue weighted by atomic mass is 10.1. The number of carbonyl (C=O) groups excluding carboxylic acids is 1. The van der Waals surface area contributed by atoms with Crippen molar-refractivity contribution in [1.82, 2.24) is 10.2 Å². The number of nitrogens with one attached hydrogen (secondary N) is 1. The van der Waals surface area contributed by atoms with Gasteiger partial charge in [0.25, 0.3) is 0 Å². The van der Waals surface area contributed by atoms with Gasteiger partial charge < -0.3 is 10.2 Å². The summed E-state index contributed by atoms with van der Waals surface area (Å²) in [5.74, 6) is 0.673. The Morgan fingerprint density at radius 3 is 3.00 bits per heavy atom. The molecule has 1 rings (SSSR count). The van der Waals surface area contributed by atoms with Crippen LogP contribution in [0.25, 0.3) is 0 Å². The summed E-state index contributed by atoms with van der Waals surface area (Å²) in [7, 11) is 1.92. The molecule has 1 N–H and O–H groups in total. The summed E-state index contributed by atoms with van der Waals surface area (Å²) >= 11 is 0. The van der Waals surface area contributed by atoms with Crippen molar-refractivity contribution in [2.24, 2.45) is 5.92 Å². The van der Waals surface area contributed by atoms with Gasteiger partial charge in [-0.2, -0.15) is 0 Å². The average Bonchev–Trinajstić information content (AvgIpc) is 2.46. The molecule has 0 bridgehead atoms. The number of carbonyl (C=O) groups is 1. The normalized spacial score (nSPS) is 27.7. The van der Waals surface area contributed by atoms with Crippen LogP contribution < -0.4 is 5.32 Å². The van der Waals surface area contributed by atoms with Crippen LogP contribution in [0.2, 0.25) is 0 Å².